The number of carbonyl (C=O) groups is 3. The van der Waals surface area contributed by atoms with Crippen molar-refractivity contribution >= 4 is 17.9 Å². The molecule has 0 radical (unpaired) electrons. The van der Waals surface area contributed by atoms with Gasteiger partial charge in [-0.25, -0.2) is 0 Å². The molecule has 0 aromatic heterocycles. The number of esters is 1. The number of carbonyl (C=O) groups excluding carboxylic acids is 1. The summed E-state index contributed by atoms with van der Waals surface area (Å²) in [5.74, 6) is 0.533. The summed E-state index contributed by atoms with van der Waals surface area (Å²) in [7, 11) is 0. The number of aliphatic carboxylic acids is 2. The molecule has 4 aliphatic carbocycles. The quantitative estimate of drug-likeness (QED) is 0.412. The third-order valence-electron chi connectivity index (χ3n) is 11.1. The highest BCUT2D eigenvalue weighted by molar-refractivity contribution is 5.76. The van der Waals surface area contributed by atoms with E-state index >= 15 is 0 Å². The fourth-order valence-corrected chi connectivity index (χ4v) is 9.26. The van der Waals surface area contributed by atoms with Gasteiger partial charge in [0.2, 0.25) is 0 Å². The Morgan fingerprint density at radius 3 is 2.31 bits per heavy atom. The van der Waals surface area contributed by atoms with Gasteiger partial charge in [-0.2, -0.15) is 0 Å². The van der Waals surface area contributed by atoms with Gasteiger partial charge in [-0.3, -0.25) is 14.4 Å². The molecular formula is C28H44O7. The maximum Gasteiger partial charge on any atom is 0.306 e. The van der Waals surface area contributed by atoms with Gasteiger partial charge in [0.15, 0.2) is 0 Å². The van der Waals surface area contributed by atoms with Crippen molar-refractivity contribution in [1.82, 2.24) is 0 Å². The Hall–Kier alpha value is -1.63. The van der Waals surface area contributed by atoms with Crippen LogP contribution in [0.4, 0.5) is 0 Å². The molecule has 0 aromatic rings. The number of aliphatic hydroxyl groups excluding tert-OH is 1. The van der Waals surface area contributed by atoms with Crippen LogP contribution in [0.2, 0.25) is 0 Å². The van der Waals surface area contributed by atoms with E-state index in [0.29, 0.717) is 41.9 Å². The molecular weight excluding hydrogens is 448 g/mol. The predicted molar refractivity (Wildman–Crippen MR) is 129 cm³/mol. The number of fused-ring (bicyclic) bond motifs is 5. The number of rotatable bonds is 8. The number of carboxylic acids is 2. The monoisotopic (exact) mass is 492 g/mol. The second kappa shape index (κ2) is 10.0. The third-order valence-corrected chi connectivity index (χ3v) is 11.1. The number of aliphatic hydroxyl groups is 1. The Morgan fingerprint density at radius 1 is 0.914 bits per heavy atom. The maximum absolute atomic E-state index is 12.1. The lowest BCUT2D eigenvalue weighted by atomic mass is 9.43. The molecule has 10 atom stereocenters. The lowest BCUT2D eigenvalue weighted by Crippen LogP contribution is -2.59. The molecule has 0 unspecified atom stereocenters. The summed E-state index contributed by atoms with van der Waals surface area (Å²) >= 11 is 0. The summed E-state index contributed by atoms with van der Waals surface area (Å²) < 4.78 is 5.67. The highest BCUT2D eigenvalue weighted by atomic mass is 16.5. The van der Waals surface area contributed by atoms with Gasteiger partial charge in [0.05, 0.1) is 18.9 Å². The van der Waals surface area contributed by atoms with E-state index in [1.54, 1.807) is 0 Å². The first-order valence-electron chi connectivity index (χ1n) is 13.8. The molecule has 0 aliphatic heterocycles. The van der Waals surface area contributed by atoms with Crippen LogP contribution in [0.3, 0.4) is 0 Å². The smallest absolute Gasteiger partial charge is 0.306 e. The summed E-state index contributed by atoms with van der Waals surface area (Å²) in [6.45, 7) is 6.86. The molecule has 4 aliphatic rings. The SMILES string of the molecule is C[C@H](CCC(=O)O)[C@H]1CC[C@H]2[C@@H]3CC[C@H]4C[C@H](OC(=O)CCC(=O)O)CC[C@]4(C)[C@H]3C[C@@H](O)[C@]12C. The summed E-state index contributed by atoms with van der Waals surface area (Å²) in [5, 5.41) is 29.6. The molecule has 0 amide bonds. The maximum atomic E-state index is 12.1. The van der Waals surface area contributed by atoms with Crippen LogP contribution in [-0.4, -0.2) is 45.4 Å². The number of hydrogen-bond donors (Lipinski definition) is 3. The third kappa shape index (κ3) is 4.86. The zero-order chi connectivity index (χ0) is 25.5. The van der Waals surface area contributed by atoms with Crippen LogP contribution in [0, 0.1) is 46.3 Å². The van der Waals surface area contributed by atoms with Crippen molar-refractivity contribution in [2.24, 2.45) is 46.3 Å². The Balaban J connectivity index is 1.43. The molecule has 198 valence electrons. The summed E-state index contributed by atoms with van der Waals surface area (Å²) in [6.07, 6.45) is 8.02. The fraction of sp³-hybridized carbons (Fsp3) is 0.893. The van der Waals surface area contributed by atoms with E-state index in [4.69, 9.17) is 14.9 Å². The molecule has 0 saturated heterocycles. The molecule has 3 N–H and O–H groups in total. The summed E-state index contributed by atoms with van der Waals surface area (Å²) in [6, 6.07) is 0. The van der Waals surface area contributed by atoms with Crippen LogP contribution in [-0.2, 0) is 19.1 Å². The molecule has 7 nitrogen and oxygen atoms in total. The van der Waals surface area contributed by atoms with Crippen LogP contribution >= 0.6 is 0 Å². The normalized spacial score (nSPS) is 43.4. The number of carboxylic acid groups (broad SMARTS) is 2. The van der Waals surface area contributed by atoms with Gasteiger partial charge in [-0.1, -0.05) is 20.8 Å². The van der Waals surface area contributed by atoms with Crippen molar-refractivity contribution in [3.05, 3.63) is 0 Å². The standard InChI is InChI=1S/C28H44O7/c1-16(4-9-24(30)31)20-7-8-21-19-6-5-17-14-18(35-26(34)11-10-25(32)33)12-13-27(17,2)22(19)15-23(29)28(20,21)3/h16-23,29H,4-15H2,1-3H3,(H,30,31)(H,32,33)/t16-,17+,18-,19+,20-,21+,22+,23-,27+,28-/m1/s1. The first-order chi connectivity index (χ1) is 16.5. The van der Waals surface area contributed by atoms with Crippen LogP contribution in [0.1, 0.15) is 97.8 Å². The first-order valence-corrected chi connectivity index (χ1v) is 13.8. The largest absolute Gasteiger partial charge is 0.481 e. The van der Waals surface area contributed by atoms with Crippen molar-refractivity contribution in [2.45, 2.75) is 110 Å². The molecule has 7 heteroatoms. The molecule has 4 fully saturated rings. The van der Waals surface area contributed by atoms with Gasteiger partial charge in [0.25, 0.3) is 0 Å². The lowest BCUT2D eigenvalue weighted by Gasteiger charge is -2.62. The number of ether oxygens (including phenoxy) is 1. The fourth-order valence-electron chi connectivity index (χ4n) is 9.26. The Labute approximate surface area is 209 Å². The van der Waals surface area contributed by atoms with Gasteiger partial charge in [0.1, 0.15) is 6.10 Å². The first kappa shape index (κ1) is 26.4. The molecule has 35 heavy (non-hydrogen) atoms. The van der Waals surface area contributed by atoms with E-state index in [1.165, 1.54) is 0 Å². The minimum Gasteiger partial charge on any atom is -0.481 e. The van der Waals surface area contributed by atoms with E-state index in [-0.39, 0.29) is 42.3 Å². The molecule has 0 aromatic carbocycles. The van der Waals surface area contributed by atoms with Gasteiger partial charge in [-0.15, -0.1) is 0 Å². The Morgan fingerprint density at radius 2 is 1.63 bits per heavy atom. The average molecular weight is 493 g/mol. The van der Waals surface area contributed by atoms with Crippen molar-refractivity contribution in [1.29, 1.82) is 0 Å². The van der Waals surface area contributed by atoms with Crippen LogP contribution < -0.4 is 0 Å². The van der Waals surface area contributed by atoms with E-state index in [9.17, 15) is 19.5 Å². The molecule has 4 saturated carbocycles. The molecule has 0 spiro atoms. The minimum atomic E-state index is -0.982. The van der Waals surface area contributed by atoms with Crippen molar-refractivity contribution < 1.29 is 34.4 Å². The molecule has 4 rings (SSSR count). The zero-order valence-corrected chi connectivity index (χ0v) is 21.6. The van der Waals surface area contributed by atoms with E-state index in [0.717, 1.165) is 51.4 Å². The molecule has 0 bridgehead atoms. The van der Waals surface area contributed by atoms with Gasteiger partial charge >= 0.3 is 17.9 Å². The topological polar surface area (TPSA) is 121 Å². The zero-order valence-electron chi connectivity index (χ0n) is 21.6. The number of hydrogen-bond acceptors (Lipinski definition) is 5. The van der Waals surface area contributed by atoms with Crippen molar-refractivity contribution in [3.8, 4) is 0 Å². The summed E-state index contributed by atoms with van der Waals surface area (Å²) in [4.78, 5) is 34.0. The van der Waals surface area contributed by atoms with Crippen molar-refractivity contribution in [2.75, 3.05) is 0 Å². The summed E-state index contributed by atoms with van der Waals surface area (Å²) in [5.41, 5.74) is -0.0125. The van der Waals surface area contributed by atoms with Gasteiger partial charge < -0.3 is 20.1 Å². The van der Waals surface area contributed by atoms with Gasteiger partial charge in [-0.05, 0) is 104 Å². The second-order valence-electron chi connectivity index (χ2n) is 12.6. The Bertz CT molecular complexity index is 826. The average Bonchev–Trinajstić information content (AvgIpc) is 3.16. The van der Waals surface area contributed by atoms with Crippen LogP contribution in [0.15, 0.2) is 0 Å². The predicted octanol–water partition coefficient (Wildman–Crippen LogP) is 4.89. The van der Waals surface area contributed by atoms with E-state index in [2.05, 4.69) is 20.8 Å². The lowest BCUT2D eigenvalue weighted by molar-refractivity contribution is -0.182. The highest BCUT2D eigenvalue weighted by Crippen LogP contribution is 2.68. The Kier molecular flexibility index (Phi) is 7.57. The van der Waals surface area contributed by atoms with E-state index < -0.39 is 17.9 Å². The van der Waals surface area contributed by atoms with E-state index in [1.807, 2.05) is 0 Å². The minimum absolute atomic E-state index is 0.0724. The van der Waals surface area contributed by atoms with Gasteiger partial charge in [0, 0.05) is 6.42 Å². The molecule has 0 heterocycles. The highest BCUT2D eigenvalue weighted by Gasteiger charge is 2.63. The van der Waals surface area contributed by atoms with Crippen LogP contribution in [0.25, 0.3) is 0 Å². The van der Waals surface area contributed by atoms with Crippen molar-refractivity contribution in [3.63, 3.8) is 0 Å². The van der Waals surface area contributed by atoms with Crippen LogP contribution in [0.5, 0.6) is 0 Å². The second-order valence-corrected chi connectivity index (χ2v) is 12.6.